The average Bonchev–Trinajstić information content (AvgIpc) is 3.34. The van der Waals surface area contributed by atoms with Gasteiger partial charge in [0.25, 0.3) is 0 Å². The summed E-state index contributed by atoms with van der Waals surface area (Å²) >= 11 is 0. The van der Waals surface area contributed by atoms with Crippen LogP contribution in [0.3, 0.4) is 0 Å². The molecule has 2 saturated heterocycles. The summed E-state index contributed by atoms with van der Waals surface area (Å²) in [6.07, 6.45) is 5.15. The highest BCUT2D eigenvalue weighted by Gasteiger charge is 2.87. The first-order valence-electron chi connectivity index (χ1n) is 15.0. The summed E-state index contributed by atoms with van der Waals surface area (Å²) in [4.78, 5) is 12.3. The first kappa shape index (κ1) is 27.4. The smallest absolute Gasteiger partial charge is 0.305 e. The fourth-order valence-corrected chi connectivity index (χ4v) is 12.0. The van der Waals surface area contributed by atoms with Gasteiger partial charge in [0.1, 0.15) is 12.2 Å². The number of rotatable bonds is 5. The normalized spacial score (nSPS) is 55.0. The molecule has 7 heteroatoms. The fourth-order valence-electron chi connectivity index (χ4n) is 12.0. The van der Waals surface area contributed by atoms with Crippen molar-refractivity contribution >= 4 is 5.97 Å². The summed E-state index contributed by atoms with van der Waals surface area (Å²) < 4.78 is 18.5. The second kappa shape index (κ2) is 7.76. The van der Waals surface area contributed by atoms with E-state index in [0.717, 1.165) is 38.5 Å². The molecule has 4 saturated carbocycles. The number of carbonyl (C=O) groups excluding carboxylic acids is 1. The molecule has 2 heterocycles. The summed E-state index contributed by atoms with van der Waals surface area (Å²) in [5, 5.41) is 34.8. The topological polar surface area (TPSA) is 105 Å². The van der Waals surface area contributed by atoms with Crippen molar-refractivity contribution in [2.24, 2.45) is 45.3 Å². The largest absolute Gasteiger partial charge is 0.469 e. The lowest BCUT2D eigenvalue weighted by atomic mass is 9.43. The Balaban J connectivity index is 1.43. The van der Waals surface area contributed by atoms with Crippen LogP contribution in [-0.4, -0.2) is 63.7 Å². The molecule has 7 nitrogen and oxygen atoms in total. The molecule has 2 aliphatic heterocycles. The van der Waals surface area contributed by atoms with Crippen LogP contribution in [0.25, 0.3) is 0 Å². The summed E-state index contributed by atoms with van der Waals surface area (Å²) in [7, 11) is 1.44. The van der Waals surface area contributed by atoms with Gasteiger partial charge in [-0.2, -0.15) is 0 Å². The van der Waals surface area contributed by atoms with E-state index in [9.17, 15) is 20.1 Å². The number of hydrogen-bond acceptors (Lipinski definition) is 7. The Bertz CT molecular complexity index is 1010. The van der Waals surface area contributed by atoms with Crippen molar-refractivity contribution in [2.75, 3.05) is 7.11 Å². The minimum Gasteiger partial charge on any atom is -0.469 e. The first-order chi connectivity index (χ1) is 17.4. The van der Waals surface area contributed by atoms with Gasteiger partial charge < -0.3 is 29.5 Å². The van der Waals surface area contributed by atoms with Crippen molar-refractivity contribution in [3.05, 3.63) is 0 Å². The number of carbonyl (C=O) groups is 1. The van der Waals surface area contributed by atoms with Crippen molar-refractivity contribution in [2.45, 2.75) is 135 Å². The highest BCUT2D eigenvalue weighted by molar-refractivity contribution is 5.69. The Morgan fingerprint density at radius 2 is 1.74 bits per heavy atom. The monoisotopic (exact) mass is 534 g/mol. The van der Waals surface area contributed by atoms with E-state index in [1.807, 2.05) is 13.8 Å². The quantitative estimate of drug-likeness (QED) is 0.454. The van der Waals surface area contributed by atoms with Crippen LogP contribution >= 0.6 is 0 Å². The van der Waals surface area contributed by atoms with Crippen LogP contribution in [0.15, 0.2) is 0 Å². The van der Waals surface area contributed by atoms with Gasteiger partial charge in [-0.1, -0.05) is 20.8 Å². The molecule has 0 unspecified atom stereocenters. The molecule has 12 atom stereocenters. The van der Waals surface area contributed by atoms with Gasteiger partial charge in [-0.05, 0) is 107 Å². The van der Waals surface area contributed by atoms with Gasteiger partial charge in [0, 0.05) is 17.8 Å². The number of methoxy groups -OCH3 is 1. The maximum absolute atomic E-state index is 12.5. The third-order valence-corrected chi connectivity index (χ3v) is 13.4. The number of aliphatic hydroxyl groups is 3. The van der Waals surface area contributed by atoms with Crippen LogP contribution in [0.1, 0.15) is 99.8 Å². The standard InChI is InChI=1S/C31H50O7/c1-17-15-18-23(26(4,5)35)38-31(37-18)22(17)27(6)13-14-30-16-29(30,12-11-21(32)36-8)19(25(2,3)34)9-10-20(30)28(27,7)24(31)33/h17-20,22-24,33-35H,9-16H2,1-8H3/t17-,18-,19+,20+,22-,23+,24-,27-,28-,29-,30+,31+/m1/s1. The summed E-state index contributed by atoms with van der Waals surface area (Å²) in [6.45, 7) is 14.3. The second-order valence-electron chi connectivity index (χ2n) is 15.8. The number of ether oxygens (including phenoxy) is 3. The van der Waals surface area contributed by atoms with Gasteiger partial charge in [0.2, 0.25) is 0 Å². The van der Waals surface area contributed by atoms with Gasteiger partial charge in [0.15, 0.2) is 5.79 Å². The van der Waals surface area contributed by atoms with Crippen molar-refractivity contribution in [3.8, 4) is 0 Å². The maximum atomic E-state index is 12.5. The second-order valence-corrected chi connectivity index (χ2v) is 15.8. The highest BCUT2D eigenvalue weighted by Crippen LogP contribution is 2.88. The molecule has 0 radical (unpaired) electrons. The molecule has 216 valence electrons. The van der Waals surface area contributed by atoms with Crippen LogP contribution in [0.5, 0.6) is 0 Å². The van der Waals surface area contributed by atoms with Crippen molar-refractivity contribution in [1.82, 2.24) is 0 Å². The van der Waals surface area contributed by atoms with E-state index in [1.54, 1.807) is 13.8 Å². The van der Waals surface area contributed by atoms with Gasteiger partial charge in [-0.15, -0.1) is 0 Å². The van der Waals surface area contributed by atoms with Crippen molar-refractivity contribution in [1.29, 1.82) is 0 Å². The molecule has 4 aliphatic carbocycles. The Morgan fingerprint density at radius 1 is 1.05 bits per heavy atom. The molecule has 6 rings (SSSR count). The van der Waals surface area contributed by atoms with E-state index in [2.05, 4.69) is 20.8 Å². The molecule has 0 aromatic carbocycles. The molecule has 6 fully saturated rings. The van der Waals surface area contributed by atoms with E-state index in [0.29, 0.717) is 18.8 Å². The molecular weight excluding hydrogens is 484 g/mol. The van der Waals surface area contributed by atoms with Crippen LogP contribution in [0.4, 0.5) is 0 Å². The molecule has 2 spiro atoms. The van der Waals surface area contributed by atoms with Crippen LogP contribution < -0.4 is 0 Å². The van der Waals surface area contributed by atoms with Gasteiger partial charge >= 0.3 is 5.97 Å². The van der Waals surface area contributed by atoms with Gasteiger partial charge in [0.05, 0.1) is 24.4 Å². The summed E-state index contributed by atoms with van der Waals surface area (Å²) in [6, 6.07) is 0. The minimum atomic E-state index is -1.11. The van der Waals surface area contributed by atoms with Crippen LogP contribution in [0.2, 0.25) is 0 Å². The number of hydrogen-bond donors (Lipinski definition) is 3. The fraction of sp³-hybridized carbons (Fsp3) is 0.968. The van der Waals surface area contributed by atoms with Crippen molar-refractivity contribution < 1.29 is 34.3 Å². The van der Waals surface area contributed by atoms with Crippen LogP contribution in [0, 0.1) is 45.3 Å². The van der Waals surface area contributed by atoms with E-state index < -0.39 is 34.6 Å². The Kier molecular flexibility index (Phi) is 5.60. The van der Waals surface area contributed by atoms with E-state index >= 15 is 0 Å². The number of aliphatic hydroxyl groups excluding tert-OH is 1. The predicted molar refractivity (Wildman–Crippen MR) is 141 cm³/mol. The number of esters is 1. The number of fused-ring (bicyclic) bond motifs is 4. The Morgan fingerprint density at radius 3 is 2.34 bits per heavy atom. The molecule has 2 bridgehead atoms. The lowest BCUT2D eigenvalue weighted by molar-refractivity contribution is -0.282. The Labute approximate surface area is 228 Å². The van der Waals surface area contributed by atoms with Crippen molar-refractivity contribution in [3.63, 3.8) is 0 Å². The summed E-state index contributed by atoms with van der Waals surface area (Å²) in [5.74, 6) is -0.637. The highest BCUT2D eigenvalue weighted by atomic mass is 16.8. The molecular formula is C31H50O7. The van der Waals surface area contributed by atoms with Gasteiger partial charge in [-0.25, -0.2) is 0 Å². The molecule has 6 aliphatic rings. The molecule has 3 N–H and O–H groups in total. The SMILES string of the molecule is COC(=O)CC[C@]12C[C@]13CC[C@]1(C)[C@H]4[C@H](C)C[C@H]5O[C@@]4(O[C@@H]5C(C)(C)O)[C@H](O)[C@@]1(C)[C@@H]3CC[C@H]2C(C)(C)O. The maximum Gasteiger partial charge on any atom is 0.305 e. The molecule has 0 amide bonds. The predicted octanol–water partition coefficient (Wildman–Crippen LogP) is 4.20. The summed E-state index contributed by atoms with van der Waals surface area (Å²) in [5.41, 5.74) is -2.72. The third-order valence-electron chi connectivity index (χ3n) is 13.4. The van der Waals surface area contributed by atoms with Crippen LogP contribution in [-0.2, 0) is 19.0 Å². The zero-order chi connectivity index (χ0) is 27.9. The lowest BCUT2D eigenvalue weighted by Crippen LogP contribution is -2.59. The third kappa shape index (κ3) is 3.01. The molecule has 0 aromatic rings. The van der Waals surface area contributed by atoms with E-state index in [-0.39, 0.29) is 46.1 Å². The zero-order valence-electron chi connectivity index (χ0n) is 24.7. The zero-order valence-corrected chi connectivity index (χ0v) is 24.7. The average molecular weight is 535 g/mol. The first-order valence-corrected chi connectivity index (χ1v) is 15.0. The van der Waals surface area contributed by atoms with E-state index in [1.165, 1.54) is 7.11 Å². The lowest BCUT2D eigenvalue weighted by Gasteiger charge is -2.61. The van der Waals surface area contributed by atoms with Gasteiger partial charge in [-0.3, -0.25) is 4.79 Å². The molecule has 38 heavy (non-hydrogen) atoms. The minimum absolute atomic E-state index is 0.0276. The molecule has 0 aromatic heterocycles. The van der Waals surface area contributed by atoms with E-state index in [4.69, 9.17) is 14.2 Å². The Hall–Kier alpha value is -0.730.